The van der Waals surface area contributed by atoms with E-state index in [2.05, 4.69) is 26.7 Å². The predicted octanol–water partition coefficient (Wildman–Crippen LogP) is 4.80. The summed E-state index contributed by atoms with van der Waals surface area (Å²) in [5, 5.41) is 7.91. The molecule has 2 aromatic heterocycles. The van der Waals surface area contributed by atoms with Gasteiger partial charge in [-0.05, 0) is 50.3 Å². The van der Waals surface area contributed by atoms with Gasteiger partial charge >= 0.3 is 6.03 Å². The van der Waals surface area contributed by atoms with E-state index in [4.69, 9.17) is 0 Å². The van der Waals surface area contributed by atoms with Gasteiger partial charge in [-0.15, -0.1) is 0 Å². The van der Waals surface area contributed by atoms with Crippen molar-refractivity contribution in [2.45, 2.75) is 32.1 Å². The molecule has 1 aliphatic rings. The van der Waals surface area contributed by atoms with Crippen LogP contribution >= 0.6 is 0 Å². The monoisotopic (exact) mass is 346 g/mol. The van der Waals surface area contributed by atoms with Crippen molar-refractivity contribution in [1.82, 2.24) is 15.3 Å². The number of urea groups is 1. The number of aromatic nitrogens is 2. The number of fused-ring (bicyclic) bond motifs is 3. The molecule has 5 nitrogen and oxygen atoms in total. The molecule has 3 aromatic rings. The van der Waals surface area contributed by atoms with E-state index in [1.54, 1.807) is 12.4 Å². The fourth-order valence-electron chi connectivity index (χ4n) is 3.53. The molecule has 0 aliphatic heterocycles. The van der Waals surface area contributed by atoms with Crippen LogP contribution in [0.3, 0.4) is 0 Å². The van der Waals surface area contributed by atoms with Crippen molar-refractivity contribution in [2.75, 3.05) is 11.9 Å². The van der Waals surface area contributed by atoms with Gasteiger partial charge in [0, 0.05) is 29.7 Å². The highest BCUT2D eigenvalue weighted by molar-refractivity contribution is 6.12. The predicted molar refractivity (Wildman–Crippen MR) is 105 cm³/mol. The van der Waals surface area contributed by atoms with Gasteiger partial charge in [0.25, 0.3) is 0 Å². The molecule has 0 saturated heterocycles. The Labute approximate surface area is 152 Å². The number of nitrogens with one attached hydrogen (secondary N) is 2. The Morgan fingerprint density at radius 1 is 1.08 bits per heavy atom. The van der Waals surface area contributed by atoms with Crippen molar-refractivity contribution in [1.29, 1.82) is 0 Å². The lowest BCUT2D eigenvalue weighted by Crippen LogP contribution is -2.30. The zero-order valence-electron chi connectivity index (χ0n) is 14.7. The number of amides is 2. The Hall–Kier alpha value is -2.95. The number of pyridine rings is 2. The second-order valence-electron chi connectivity index (χ2n) is 6.63. The van der Waals surface area contributed by atoms with Crippen LogP contribution in [0, 0.1) is 0 Å². The van der Waals surface area contributed by atoms with Gasteiger partial charge in [0.1, 0.15) is 0 Å². The Morgan fingerprint density at radius 3 is 2.77 bits per heavy atom. The van der Waals surface area contributed by atoms with Crippen LogP contribution in [0.25, 0.3) is 21.8 Å². The topological polar surface area (TPSA) is 66.9 Å². The fourth-order valence-corrected chi connectivity index (χ4v) is 3.53. The molecule has 2 N–H and O–H groups in total. The van der Waals surface area contributed by atoms with Gasteiger partial charge in [-0.3, -0.25) is 9.97 Å². The van der Waals surface area contributed by atoms with Gasteiger partial charge in [0.2, 0.25) is 0 Å². The van der Waals surface area contributed by atoms with Crippen molar-refractivity contribution < 1.29 is 4.79 Å². The second kappa shape index (κ2) is 7.52. The van der Waals surface area contributed by atoms with E-state index in [0.29, 0.717) is 12.2 Å². The van der Waals surface area contributed by atoms with Gasteiger partial charge in [-0.2, -0.15) is 0 Å². The number of hydrogen-bond acceptors (Lipinski definition) is 3. The summed E-state index contributed by atoms with van der Waals surface area (Å²) in [6.45, 7) is 0.648. The van der Waals surface area contributed by atoms with Crippen LogP contribution in [0.1, 0.15) is 32.1 Å². The maximum atomic E-state index is 12.3. The van der Waals surface area contributed by atoms with Crippen LogP contribution in [0.5, 0.6) is 0 Å². The van der Waals surface area contributed by atoms with Gasteiger partial charge < -0.3 is 10.6 Å². The van der Waals surface area contributed by atoms with Gasteiger partial charge in [0.05, 0.1) is 16.7 Å². The minimum atomic E-state index is -0.205. The van der Waals surface area contributed by atoms with E-state index in [-0.39, 0.29) is 6.03 Å². The Balaban J connectivity index is 1.50. The highest BCUT2D eigenvalue weighted by atomic mass is 16.2. The van der Waals surface area contributed by atoms with E-state index in [1.165, 1.54) is 24.8 Å². The second-order valence-corrected chi connectivity index (χ2v) is 6.63. The molecule has 0 unspecified atom stereocenters. The van der Waals surface area contributed by atoms with E-state index in [1.807, 2.05) is 30.3 Å². The number of anilines is 1. The number of nitrogens with zero attached hydrogens (tertiary/aromatic N) is 2. The first-order valence-corrected chi connectivity index (χ1v) is 9.16. The first-order chi connectivity index (χ1) is 12.8. The average molecular weight is 346 g/mol. The number of hydrogen-bond donors (Lipinski definition) is 2. The van der Waals surface area contributed by atoms with E-state index in [0.717, 1.165) is 34.6 Å². The Bertz CT molecular complexity index is 980. The molecule has 5 heteroatoms. The summed E-state index contributed by atoms with van der Waals surface area (Å²) in [7, 11) is 0. The Kier molecular flexibility index (Phi) is 4.78. The maximum absolute atomic E-state index is 12.3. The standard InChI is InChI=1S/C21H22N4O/c26-21(24-13-10-15-6-2-1-3-7-15)25-19-14-18-16(8-4-11-22-18)17-9-5-12-23-20(17)19/h4-6,8-9,11-12,14H,1-3,7,10,13H2,(H2,24,25,26). The van der Waals surface area contributed by atoms with Gasteiger partial charge in [-0.25, -0.2) is 4.79 Å². The first-order valence-electron chi connectivity index (χ1n) is 9.16. The molecule has 2 amide bonds. The summed E-state index contributed by atoms with van der Waals surface area (Å²) >= 11 is 0. The molecule has 26 heavy (non-hydrogen) atoms. The third-order valence-corrected chi connectivity index (χ3v) is 4.84. The molecule has 1 aliphatic carbocycles. The molecule has 0 spiro atoms. The lowest BCUT2D eigenvalue weighted by Gasteiger charge is -2.14. The highest BCUT2D eigenvalue weighted by Crippen LogP contribution is 2.29. The average Bonchev–Trinajstić information content (AvgIpc) is 2.69. The summed E-state index contributed by atoms with van der Waals surface area (Å²) in [5.74, 6) is 0. The van der Waals surface area contributed by atoms with E-state index >= 15 is 0 Å². The van der Waals surface area contributed by atoms with Gasteiger partial charge in [-0.1, -0.05) is 23.8 Å². The van der Waals surface area contributed by atoms with Crippen molar-refractivity contribution >= 4 is 33.5 Å². The lowest BCUT2D eigenvalue weighted by molar-refractivity contribution is 0.252. The number of benzene rings is 1. The number of carbonyl (C=O) groups is 1. The third-order valence-electron chi connectivity index (χ3n) is 4.84. The van der Waals surface area contributed by atoms with Crippen molar-refractivity contribution in [3.8, 4) is 0 Å². The minimum absolute atomic E-state index is 0.205. The molecule has 1 aromatic carbocycles. The fraction of sp³-hybridized carbons (Fsp3) is 0.286. The van der Waals surface area contributed by atoms with Crippen molar-refractivity contribution in [3.63, 3.8) is 0 Å². The normalized spacial score (nSPS) is 14.2. The number of rotatable bonds is 4. The van der Waals surface area contributed by atoms with Crippen LogP contribution in [-0.2, 0) is 0 Å². The molecule has 132 valence electrons. The van der Waals surface area contributed by atoms with Crippen LogP contribution in [0.4, 0.5) is 10.5 Å². The van der Waals surface area contributed by atoms with Crippen LogP contribution in [-0.4, -0.2) is 22.5 Å². The molecule has 0 saturated carbocycles. The SMILES string of the molecule is O=C(NCCC1=CCCCC1)Nc1cc2ncccc2c2cccnc12. The molecule has 0 radical (unpaired) electrons. The zero-order chi connectivity index (χ0) is 17.8. The molecular formula is C21H22N4O. The molecule has 4 rings (SSSR count). The van der Waals surface area contributed by atoms with Crippen LogP contribution in [0.15, 0.2) is 54.4 Å². The van der Waals surface area contributed by atoms with Crippen molar-refractivity contribution in [2.24, 2.45) is 0 Å². The van der Waals surface area contributed by atoms with E-state index in [9.17, 15) is 4.79 Å². The summed E-state index contributed by atoms with van der Waals surface area (Å²) in [5.41, 5.74) is 3.76. The van der Waals surface area contributed by atoms with E-state index < -0.39 is 0 Å². The largest absolute Gasteiger partial charge is 0.338 e. The summed E-state index contributed by atoms with van der Waals surface area (Å²) in [6, 6.07) is 9.52. The zero-order valence-corrected chi connectivity index (χ0v) is 14.7. The molecule has 0 bridgehead atoms. The highest BCUT2D eigenvalue weighted by Gasteiger charge is 2.11. The molecule has 0 atom stereocenters. The summed E-state index contributed by atoms with van der Waals surface area (Å²) in [6.07, 6.45) is 11.6. The quantitative estimate of drug-likeness (QED) is 0.527. The van der Waals surface area contributed by atoms with Gasteiger partial charge in [0.15, 0.2) is 0 Å². The van der Waals surface area contributed by atoms with Crippen molar-refractivity contribution in [3.05, 3.63) is 54.4 Å². The van der Waals surface area contributed by atoms with Crippen LogP contribution < -0.4 is 10.6 Å². The first kappa shape index (κ1) is 16.5. The smallest absolute Gasteiger partial charge is 0.319 e. The number of carbonyl (C=O) groups excluding carboxylic acids is 1. The minimum Gasteiger partial charge on any atom is -0.338 e. The Morgan fingerprint density at radius 2 is 1.92 bits per heavy atom. The lowest BCUT2D eigenvalue weighted by atomic mass is 9.97. The number of allylic oxidation sites excluding steroid dienone is 1. The molecule has 0 fully saturated rings. The molecular weight excluding hydrogens is 324 g/mol. The summed E-state index contributed by atoms with van der Waals surface area (Å²) < 4.78 is 0. The molecule has 2 heterocycles. The van der Waals surface area contributed by atoms with Crippen LogP contribution in [0.2, 0.25) is 0 Å². The third kappa shape index (κ3) is 3.52. The maximum Gasteiger partial charge on any atom is 0.319 e. The summed E-state index contributed by atoms with van der Waals surface area (Å²) in [4.78, 5) is 21.2.